The maximum atomic E-state index is 12.4. The summed E-state index contributed by atoms with van der Waals surface area (Å²) in [5.41, 5.74) is 1.39. The zero-order valence-corrected chi connectivity index (χ0v) is 18.2. The molecule has 1 aromatic carbocycles. The summed E-state index contributed by atoms with van der Waals surface area (Å²) >= 11 is 0. The molecule has 29 heavy (non-hydrogen) atoms. The maximum Gasteiger partial charge on any atom is 0.317 e. The summed E-state index contributed by atoms with van der Waals surface area (Å²) in [7, 11) is -3.35. The van der Waals surface area contributed by atoms with Crippen LogP contribution in [-0.4, -0.2) is 63.5 Å². The summed E-state index contributed by atoms with van der Waals surface area (Å²) in [5.74, 6) is 0.578. The summed E-state index contributed by atoms with van der Waals surface area (Å²) in [6.45, 7) is 3.28. The fourth-order valence-electron chi connectivity index (χ4n) is 4.50. The first kappa shape index (κ1) is 22.1. The molecule has 2 amide bonds. The lowest BCUT2D eigenvalue weighted by molar-refractivity contribution is -0.000622. The van der Waals surface area contributed by atoms with Crippen LogP contribution in [0.25, 0.3) is 0 Å². The van der Waals surface area contributed by atoms with E-state index in [1.165, 1.54) is 5.56 Å². The summed E-state index contributed by atoms with van der Waals surface area (Å²) in [6, 6.07) is 9.84. The molecule has 1 aliphatic carbocycles. The molecule has 2 aliphatic rings. The number of benzene rings is 1. The molecule has 1 heterocycles. The number of carbonyl (C=O) groups excluding carboxylic acids is 1. The number of ether oxygens (including phenoxy) is 1. The lowest BCUT2D eigenvalue weighted by Crippen LogP contribution is -2.51. The van der Waals surface area contributed by atoms with Gasteiger partial charge >= 0.3 is 6.03 Å². The molecule has 2 N–H and O–H groups in total. The van der Waals surface area contributed by atoms with E-state index in [0.717, 1.165) is 31.9 Å². The number of nitrogens with zero attached hydrogens (tertiary/aromatic N) is 1. The van der Waals surface area contributed by atoms with Gasteiger partial charge < -0.3 is 15.0 Å². The summed E-state index contributed by atoms with van der Waals surface area (Å²) in [4.78, 5) is 14.1. The highest BCUT2D eigenvalue weighted by molar-refractivity contribution is 7.88. The van der Waals surface area contributed by atoms with Crippen molar-refractivity contribution in [2.24, 2.45) is 0 Å². The van der Waals surface area contributed by atoms with Crippen molar-refractivity contribution in [1.29, 1.82) is 0 Å². The van der Waals surface area contributed by atoms with Gasteiger partial charge in [0.25, 0.3) is 0 Å². The van der Waals surface area contributed by atoms with Crippen LogP contribution in [0.4, 0.5) is 4.79 Å². The van der Waals surface area contributed by atoms with Gasteiger partial charge in [0, 0.05) is 19.1 Å². The predicted octanol–water partition coefficient (Wildman–Crippen LogP) is 2.45. The van der Waals surface area contributed by atoms with Crippen molar-refractivity contribution in [3.05, 3.63) is 35.9 Å². The second-order valence-corrected chi connectivity index (χ2v) is 9.88. The van der Waals surface area contributed by atoms with Crippen molar-refractivity contribution in [3.63, 3.8) is 0 Å². The second-order valence-electron chi connectivity index (χ2n) is 8.10. The number of hydrogen-bond donors (Lipinski definition) is 2. The molecule has 2 fully saturated rings. The monoisotopic (exact) mass is 423 g/mol. The third-order valence-corrected chi connectivity index (χ3v) is 6.68. The van der Waals surface area contributed by atoms with E-state index in [1.807, 2.05) is 13.0 Å². The number of urea groups is 1. The van der Waals surface area contributed by atoms with E-state index < -0.39 is 10.0 Å². The Hall–Kier alpha value is -1.64. The zero-order chi connectivity index (χ0) is 20.9. The molecule has 1 aromatic rings. The minimum Gasteiger partial charge on any atom is -0.376 e. The molecule has 0 unspecified atom stereocenters. The van der Waals surface area contributed by atoms with Crippen molar-refractivity contribution >= 4 is 16.1 Å². The normalized spacial score (nSPS) is 27.7. The van der Waals surface area contributed by atoms with E-state index in [4.69, 9.17) is 4.74 Å². The zero-order valence-electron chi connectivity index (χ0n) is 17.3. The fourth-order valence-corrected chi connectivity index (χ4v) is 5.32. The van der Waals surface area contributed by atoms with E-state index in [9.17, 15) is 13.2 Å². The third kappa shape index (κ3) is 6.17. The first-order valence-corrected chi connectivity index (χ1v) is 12.4. The van der Waals surface area contributed by atoms with Gasteiger partial charge in [-0.25, -0.2) is 17.9 Å². The van der Waals surface area contributed by atoms with Gasteiger partial charge in [-0.3, -0.25) is 0 Å². The smallest absolute Gasteiger partial charge is 0.317 e. The molecular weight excluding hydrogens is 390 g/mol. The van der Waals surface area contributed by atoms with Gasteiger partial charge in [-0.05, 0) is 50.5 Å². The molecule has 0 aromatic heterocycles. The minimum absolute atomic E-state index is 0.158. The first-order chi connectivity index (χ1) is 13.9. The van der Waals surface area contributed by atoms with Crippen molar-refractivity contribution in [2.75, 3.05) is 26.0 Å². The molecule has 0 radical (unpaired) electrons. The average Bonchev–Trinajstić information content (AvgIpc) is 3.08. The maximum absolute atomic E-state index is 12.4. The quantitative estimate of drug-likeness (QED) is 0.705. The van der Waals surface area contributed by atoms with E-state index in [-0.39, 0.29) is 24.2 Å². The van der Waals surface area contributed by atoms with E-state index >= 15 is 0 Å². The van der Waals surface area contributed by atoms with Crippen LogP contribution < -0.4 is 10.0 Å². The van der Waals surface area contributed by atoms with Crippen molar-refractivity contribution in [3.8, 4) is 0 Å². The SMILES string of the molecule is CCNC(=O)N1CC[C@H](NS(C)(=O)=O)[C@@H]1COC1CCC(c2ccccc2)CC1. The largest absolute Gasteiger partial charge is 0.376 e. The van der Waals surface area contributed by atoms with E-state index in [1.54, 1.807) is 4.90 Å². The lowest BCUT2D eigenvalue weighted by Gasteiger charge is -2.33. The van der Waals surface area contributed by atoms with Crippen LogP contribution >= 0.6 is 0 Å². The third-order valence-electron chi connectivity index (χ3n) is 5.95. The number of hydrogen-bond acceptors (Lipinski definition) is 4. The van der Waals surface area contributed by atoms with Crippen LogP contribution in [0, 0.1) is 0 Å². The van der Waals surface area contributed by atoms with E-state index in [0.29, 0.717) is 32.0 Å². The number of sulfonamides is 1. The topological polar surface area (TPSA) is 87.7 Å². The van der Waals surface area contributed by atoms with E-state index in [2.05, 4.69) is 34.3 Å². The van der Waals surface area contributed by atoms with Gasteiger partial charge in [0.2, 0.25) is 10.0 Å². The first-order valence-electron chi connectivity index (χ1n) is 10.6. The van der Waals surface area contributed by atoms with Crippen LogP contribution in [0.3, 0.4) is 0 Å². The molecule has 8 heteroatoms. The van der Waals surface area contributed by atoms with Gasteiger partial charge in [-0.2, -0.15) is 0 Å². The molecule has 162 valence electrons. The van der Waals surface area contributed by atoms with Gasteiger partial charge in [0.1, 0.15) is 0 Å². The molecule has 7 nitrogen and oxygen atoms in total. The Labute approximate surface area is 174 Å². The second kappa shape index (κ2) is 9.91. The number of nitrogens with one attached hydrogen (secondary N) is 2. The van der Waals surface area contributed by atoms with Gasteiger partial charge in [0.05, 0.1) is 25.0 Å². The summed E-state index contributed by atoms with van der Waals surface area (Å²) < 4.78 is 32.4. The molecule has 1 saturated heterocycles. The molecule has 3 rings (SSSR count). The summed E-state index contributed by atoms with van der Waals surface area (Å²) in [5, 5.41) is 2.82. The van der Waals surface area contributed by atoms with Crippen LogP contribution in [0.1, 0.15) is 50.5 Å². The minimum atomic E-state index is -3.35. The van der Waals surface area contributed by atoms with Crippen LogP contribution in [0.2, 0.25) is 0 Å². The Bertz CT molecular complexity index is 763. The Kier molecular flexibility index (Phi) is 7.54. The Morgan fingerprint density at radius 1 is 1.14 bits per heavy atom. The standard InChI is InChI=1S/C21H33N3O4S/c1-3-22-21(25)24-14-13-19(23-29(2,26)27)20(24)15-28-18-11-9-17(10-12-18)16-7-5-4-6-8-16/h4-8,17-20,23H,3,9-15H2,1-2H3,(H,22,25)/t17?,18?,19-,20-/m0/s1. The van der Waals surface area contributed by atoms with Crippen molar-refractivity contribution in [2.45, 2.75) is 63.1 Å². The van der Waals surface area contributed by atoms with Gasteiger partial charge in [0.15, 0.2) is 0 Å². The molecular formula is C21H33N3O4S. The number of carbonyl (C=O) groups is 1. The predicted molar refractivity (Wildman–Crippen MR) is 113 cm³/mol. The number of likely N-dealkylation sites (tertiary alicyclic amines) is 1. The molecule has 1 aliphatic heterocycles. The fraction of sp³-hybridized carbons (Fsp3) is 0.667. The number of rotatable bonds is 7. The van der Waals surface area contributed by atoms with Crippen molar-refractivity contribution in [1.82, 2.24) is 14.9 Å². The summed E-state index contributed by atoms with van der Waals surface area (Å²) in [6.07, 6.45) is 6.05. The highest BCUT2D eigenvalue weighted by Gasteiger charge is 2.39. The lowest BCUT2D eigenvalue weighted by atomic mass is 9.83. The number of amides is 2. The van der Waals surface area contributed by atoms with Crippen LogP contribution in [0.5, 0.6) is 0 Å². The Morgan fingerprint density at radius 3 is 2.45 bits per heavy atom. The van der Waals surface area contributed by atoms with Gasteiger partial charge in [-0.1, -0.05) is 30.3 Å². The average molecular weight is 424 g/mol. The Balaban J connectivity index is 1.56. The highest BCUT2D eigenvalue weighted by Crippen LogP contribution is 2.34. The molecule has 1 saturated carbocycles. The van der Waals surface area contributed by atoms with Crippen LogP contribution in [-0.2, 0) is 14.8 Å². The molecule has 2 atom stereocenters. The molecule has 0 bridgehead atoms. The molecule has 0 spiro atoms. The van der Waals surface area contributed by atoms with Gasteiger partial charge in [-0.15, -0.1) is 0 Å². The van der Waals surface area contributed by atoms with Crippen LogP contribution in [0.15, 0.2) is 30.3 Å². The Morgan fingerprint density at radius 2 is 1.83 bits per heavy atom. The highest BCUT2D eigenvalue weighted by atomic mass is 32.2. The van der Waals surface area contributed by atoms with Crippen molar-refractivity contribution < 1.29 is 17.9 Å².